The zero-order valence-corrected chi connectivity index (χ0v) is 17.6. The van der Waals surface area contributed by atoms with Crippen LogP contribution in [0, 0.1) is 0 Å². The highest BCUT2D eigenvalue weighted by molar-refractivity contribution is 8.00. The molecule has 0 aliphatic rings. The van der Waals surface area contributed by atoms with E-state index in [9.17, 15) is 22.8 Å². The molecule has 0 aliphatic carbocycles. The lowest BCUT2D eigenvalue weighted by molar-refractivity contribution is -0.137. The van der Waals surface area contributed by atoms with Crippen LogP contribution in [-0.4, -0.2) is 17.1 Å². The molecule has 0 bridgehead atoms. The molecule has 0 spiro atoms. The molecule has 10 heteroatoms. The van der Waals surface area contributed by atoms with Crippen molar-refractivity contribution < 1.29 is 27.2 Å². The van der Waals surface area contributed by atoms with Crippen LogP contribution in [0.1, 0.15) is 23.0 Å². The third-order valence-electron chi connectivity index (χ3n) is 4.06. The maximum atomic E-state index is 13.2. The zero-order valence-electron chi connectivity index (χ0n) is 16.0. The number of rotatable bonds is 6. The standard InChI is InChI=1S/C21H16ClF3N2O3S/c1-12(19(28)27-17-8-7-13(22)10-16(17)21(23,24)25)31-15-5-2-4-14(11-15)26-20(29)18-6-3-9-30-18/h2-12H,1H3,(H,26,29)(H,27,28). The van der Waals surface area contributed by atoms with Crippen molar-refractivity contribution in [2.75, 3.05) is 10.6 Å². The van der Waals surface area contributed by atoms with Gasteiger partial charge in [-0.1, -0.05) is 17.7 Å². The minimum absolute atomic E-state index is 0.0823. The molecule has 0 aliphatic heterocycles. The highest BCUT2D eigenvalue weighted by atomic mass is 35.5. The summed E-state index contributed by atoms with van der Waals surface area (Å²) < 4.78 is 44.7. The van der Waals surface area contributed by atoms with E-state index in [1.54, 1.807) is 37.3 Å². The van der Waals surface area contributed by atoms with Crippen LogP contribution in [0.2, 0.25) is 5.02 Å². The fourth-order valence-electron chi connectivity index (χ4n) is 2.60. The van der Waals surface area contributed by atoms with E-state index in [2.05, 4.69) is 10.6 Å². The van der Waals surface area contributed by atoms with E-state index in [0.29, 0.717) is 10.6 Å². The van der Waals surface area contributed by atoms with E-state index in [0.717, 1.165) is 23.9 Å². The number of furan rings is 1. The number of nitrogens with one attached hydrogen (secondary N) is 2. The number of carbonyl (C=O) groups is 2. The summed E-state index contributed by atoms with van der Waals surface area (Å²) in [6.07, 6.45) is -3.28. The summed E-state index contributed by atoms with van der Waals surface area (Å²) in [5.74, 6) is -0.891. The summed E-state index contributed by atoms with van der Waals surface area (Å²) in [6.45, 7) is 1.57. The van der Waals surface area contributed by atoms with Crippen LogP contribution in [0.5, 0.6) is 0 Å². The summed E-state index contributed by atoms with van der Waals surface area (Å²) in [5, 5.41) is 4.18. The third-order valence-corrected chi connectivity index (χ3v) is 5.39. The van der Waals surface area contributed by atoms with Crippen LogP contribution < -0.4 is 10.6 Å². The summed E-state index contributed by atoms with van der Waals surface area (Å²) in [5.41, 5.74) is -0.905. The monoisotopic (exact) mass is 468 g/mol. The van der Waals surface area contributed by atoms with Crippen molar-refractivity contribution in [3.05, 3.63) is 77.2 Å². The Balaban J connectivity index is 1.67. The largest absolute Gasteiger partial charge is 0.459 e. The first-order valence-electron chi connectivity index (χ1n) is 8.92. The Bertz CT molecular complexity index is 1090. The first-order chi connectivity index (χ1) is 14.6. The molecule has 1 unspecified atom stereocenters. The molecule has 0 saturated heterocycles. The second-order valence-electron chi connectivity index (χ2n) is 6.40. The molecule has 0 radical (unpaired) electrons. The van der Waals surface area contributed by atoms with Crippen LogP contribution in [0.3, 0.4) is 0 Å². The Morgan fingerprint density at radius 2 is 1.84 bits per heavy atom. The molecule has 1 atom stereocenters. The summed E-state index contributed by atoms with van der Waals surface area (Å²) in [4.78, 5) is 25.2. The topological polar surface area (TPSA) is 71.3 Å². The first-order valence-corrected chi connectivity index (χ1v) is 10.2. The molecular weight excluding hydrogens is 453 g/mol. The Morgan fingerprint density at radius 1 is 1.06 bits per heavy atom. The van der Waals surface area contributed by atoms with Crippen molar-refractivity contribution in [3.63, 3.8) is 0 Å². The van der Waals surface area contributed by atoms with Gasteiger partial charge in [-0.3, -0.25) is 9.59 Å². The van der Waals surface area contributed by atoms with Gasteiger partial charge in [-0.25, -0.2) is 0 Å². The Kier molecular flexibility index (Phi) is 6.97. The Morgan fingerprint density at radius 3 is 2.52 bits per heavy atom. The van der Waals surface area contributed by atoms with E-state index in [-0.39, 0.29) is 16.5 Å². The molecule has 31 heavy (non-hydrogen) atoms. The SMILES string of the molecule is CC(Sc1cccc(NC(=O)c2ccco2)c1)C(=O)Nc1ccc(Cl)cc1C(F)(F)F. The minimum atomic E-state index is -4.66. The van der Waals surface area contributed by atoms with Gasteiger partial charge in [-0.2, -0.15) is 13.2 Å². The third kappa shape index (κ3) is 6.05. The Labute approximate surface area is 185 Å². The minimum Gasteiger partial charge on any atom is -0.459 e. The zero-order chi connectivity index (χ0) is 22.6. The predicted octanol–water partition coefficient (Wildman–Crippen LogP) is 6.32. The second-order valence-corrected chi connectivity index (χ2v) is 8.25. The molecule has 1 heterocycles. The molecule has 2 N–H and O–H groups in total. The molecular formula is C21H16ClF3N2O3S. The molecule has 162 valence electrons. The highest BCUT2D eigenvalue weighted by Gasteiger charge is 2.34. The van der Waals surface area contributed by atoms with Gasteiger partial charge < -0.3 is 15.1 Å². The first kappa shape index (κ1) is 22.8. The lowest BCUT2D eigenvalue weighted by Gasteiger charge is -2.17. The van der Waals surface area contributed by atoms with Gasteiger partial charge in [0.1, 0.15) is 0 Å². The molecule has 3 rings (SSSR count). The maximum Gasteiger partial charge on any atom is 0.418 e. The van der Waals surface area contributed by atoms with Crippen LogP contribution >= 0.6 is 23.4 Å². The summed E-state index contributed by atoms with van der Waals surface area (Å²) >= 11 is 6.79. The maximum absolute atomic E-state index is 13.2. The van der Waals surface area contributed by atoms with E-state index in [1.807, 2.05) is 0 Å². The number of thioether (sulfide) groups is 1. The average Bonchev–Trinajstić information content (AvgIpc) is 3.24. The fraction of sp³-hybridized carbons (Fsp3) is 0.143. The van der Waals surface area contributed by atoms with Crippen LogP contribution in [0.15, 0.2) is 70.2 Å². The lowest BCUT2D eigenvalue weighted by atomic mass is 10.1. The molecule has 1 aromatic heterocycles. The normalized spacial score (nSPS) is 12.3. The lowest BCUT2D eigenvalue weighted by Crippen LogP contribution is -2.24. The van der Waals surface area contributed by atoms with Crippen molar-refractivity contribution in [2.45, 2.75) is 23.2 Å². The number of alkyl halides is 3. The van der Waals surface area contributed by atoms with Crippen LogP contribution in [-0.2, 0) is 11.0 Å². The van der Waals surface area contributed by atoms with Crippen molar-refractivity contribution >= 4 is 46.6 Å². The molecule has 0 saturated carbocycles. The van der Waals surface area contributed by atoms with Crippen molar-refractivity contribution in [1.29, 1.82) is 0 Å². The van der Waals surface area contributed by atoms with Gasteiger partial charge in [0.2, 0.25) is 5.91 Å². The Hall–Kier alpha value is -2.91. The number of hydrogen-bond donors (Lipinski definition) is 2. The number of halogens is 4. The molecule has 2 amide bonds. The number of carbonyl (C=O) groups excluding carboxylic acids is 2. The van der Waals surface area contributed by atoms with Crippen LogP contribution in [0.25, 0.3) is 0 Å². The summed E-state index contributed by atoms with van der Waals surface area (Å²) in [7, 11) is 0. The van der Waals surface area contributed by atoms with E-state index < -0.39 is 28.8 Å². The van der Waals surface area contributed by atoms with Crippen molar-refractivity contribution in [1.82, 2.24) is 0 Å². The van der Waals surface area contributed by atoms with Gasteiger partial charge in [0.25, 0.3) is 5.91 Å². The van der Waals surface area contributed by atoms with E-state index in [4.69, 9.17) is 16.0 Å². The summed E-state index contributed by atoms with van der Waals surface area (Å²) in [6, 6.07) is 13.0. The number of hydrogen-bond acceptors (Lipinski definition) is 4. The molecule has 0 fully saturated rings. The number of amides is 2. The van der Waals surface area contributed by atoms with Gasteiger partial charge in [-0.15, -0.1) is 11.8 Å². The fourth-order valence-corrected chi connectivity index (χ4v) is 3.70. The smallest absolute Gasteiger partial charge is 0.418 e. The van der Waals surface area contributed by atoms with Crippen LogP contribution in [0.4, 0.5) is 24.5 Å². The number of benzene rings is 2. The second kappa shape index (κ2) is 9.49. The molecule has 5 nitrogen and oxygen atoms in total. The van der Waals surface area contributed by atoms with Crippen molar-refractivity contribution in [3.8, 4) is 0 Å². The molecule has 3 aromatic rings. The van der Waals surface area contributed by atoms with Gasteiger partial charge in [0.05, 0.1) is 22.8 Å². The molecule has 2 aromatic carbocycles. The van der Waals surface area contributed by atoms with Crippen molar-refractivity contribution in [2.24, 2.45) is 0 Å². The van der Waals surface area contributed by atoms with Gasteiger partial charge in [-0.05, 0) is 55.5 Å². The quantitative estimate of drug-likeness (QED) is 0.415. The average molecular weight is 469 g/mol. The van der Waals surface area contributed by atoms with Gasteiger partial charge in [0, 0.05) is 15.6 Å². The van der Waals surface area contributed by atoms with Gasteiger partial charge >= 0.3 is 6.18 Å². The van der Waals surface area contributed by atoms with Gasteiger partial charge in [0.15, 0.2) is 5.76 Å². The van der Waals surface area contributed by atoms with E-state index >= 15 is 0 Å². The highest BCUT2D eigenvalue weighted by Crippen LogP contribution is 2.37. The predicted molar refractivity (Wildman–Crippen MR) is 114 cm³/mol. The van der Waals surface area contributed by atoms with E-state index in [1.165, 1.54) is 18.4 Å². The number of anilines is 2.